The van der Waals surface area contributed by atoms with Gasteiger partial charge in [-0.3, -0.25) is 9.78 Å². The third-order valence-electron chi connectivity index (χ3n) is 5.78. The van der Waals surface area contributed by atoms with Crippen molar-refractivity contribution >= 4 is 17.1 Å². The Kier molecular flexibility index (Phi) is 6.13. The van der Waals surface area contributed by atoms with Gasteiger partial charge >= 0.3 is 0 Å². The highest BCUT2D eigenvalue weighted by molar-refractivity contribution is 7.14. The summed E-state index contributed by atoms with van der Waals surface area (Å²) in [5.41, 5.74) is 4.06. The van der Waals surface area contributed by atoms with Crippen LogP contribution in [0.1, 0.15) is 45.4 Å². The van der Waals surface area contributed by atoms with Crippen molar-refractivity contribution in [2.24, 2.45) is 0 Å². The molecule has 0 saturated heterocycles. The third-order valence-corrected chi connectivity index (χ3v) is 6.75. The van der Waals surface area contributed by atoms with Crippen LogP contribution in [0.15, 0.2) is 67.0 Å². The number of carbonyl (C=O) groups is 1. The number of hydrogen-bond donors (Lipinski definition) is 0. The second-order valence-electron chi connectivity index (χ2n) is 7.90. The van der Waals surface area contributed by atoms with E-state index in [4.69, 9.17) is 9.47 Å². The first-order chi connectivity index (χ1) is 16.2. The summed E-state index contributed by atoms with van der Waals surface area (Å²) in [6, 6.07) is 17.5. The quantitative estimate of drug-likeness (QED) is 0.342. The maximum atomic E-state index is 12.9. The van der Waals surface area contributed by atoms with Crippen LogP contribution >= 0.6 is 11.3 Å². The number of aromatic nitrogens is 3. The fraction of sp³-hybridized carbons (Fsp3) is 0.231. The lowest BCUT2D eigenvalue weighted by molar-refractivity contribution is 0.0992. The van der Waals surface area contributed by atoms with Gasteiger partial charge in [-0.1, -0.05) is 35.6 Å². The molecule has 0 radical (unpaired) electrons. The standard InChI is InChI=1S/C26H23N3O3S/c1-31-24-15-19(21(30)16-25-28-29-26(33-25)18-11-13-27-14-12-18)9-10-23(24)32-22-8-4-6-17-5-2-3-7-20(17)22/h2-3,5,7,9-15,22H,4,6,8,16H2,1H3. The number of benzene rings is 2. The number of rotatable bonds is 7. The van der Waals surface area contributed by atoms with E-state index in [1.165, 1.54) is 22.5 Å². The number of ketones is 1. The van der Waals surface area contributed by atoms with Crippen molar-refractivity contribution < 1.29 is 14.3 Å². The molecule has 0 N–H and O–H groups in total. The fourth-order valence-corrected chi connectivity index (χ4v) is 4.94. The Morgan fingerprint density at radius 2 is 1.91 bits per heavy atom. The number of fused-ring (bicyclic) bond motifs is 1. The van der Waals surface area contributed by atoms with E-state index in [9.17, 15) is 4.79 Å². The molecule has 0 saturated carbocycles. The van der Waals surface area contributed by atoms with Crippen molar-refractivity contribution in [3.63, 3.8) is 0 Å². The molecular weight excluding hydrogens is 434 g/mol. The van der Waals surface area contributed by atoms with E-state index in [-0.39, 0.29) is 18.3 Å². The van der Waals surface area contributed by atoms with Gasteiger partial charge in [-0.2, -0.15) is 0 Å². The highest BCUT2D eigenvalue weighted by Crippen LogP contribution is 2.37. The smallest absolute Gasteiger partial charge is 0.169 e. The van der Waals surface area contributed by atoms with Gasteiger partial charge < -0.3 is 9.47 Å². The molecule has 1 atom stereocenters. The second kappa shape index (κ2) is 9.50. The minimum Gasteiger partial charge on any atom is -0.493 e. The highest BCUT2D eigenvalue weighted by atomic mass is 32.1. The second-order valence-corrected chi connectivity index (χ2v) is 8.96. The van der Waals surface area contributed by atoms with Crippen molar-refractivity contribution in [3.05, 3.63) is 88.7 Å². The lowest BCUT2D eigenvalue weighted by Gasteiger charge is -2.27. The molecule has 6 nitrogen and oxygen atoms in total. The van der Waals surface area contributed by atoms with Crippen LogP contribution < -0.4 is 9.47 Å². The molecule has 0 aliphatic heterocycles. The Morgan fingerprint density at radius 3 is 2.76 bits per heavy atom. The Bertz CT molecular complexity index is 1270. The van der Waals surface area contributed by atoms with Gasteiger partial charge in [0.25, 0.3) is 0 Å². The van der Waals surface area contributed by atoms with Crippen LogP contribution in [-0.4, -0.2) is 28.1 Å². The monoisotopic (exact) mass is 457 g/mol. The first kappa shape index (κ1) is 21.3. The van der Waals surface area contributed by atoms with E-state index < -0.39 is 0 Å². The number of methoxy groups -OCH3 is 1. The molecule has 33 heavy (non-hydrogen) atoms. The Labute approximate surface area is 196 Å². The van der Waals surface area contributed by atoms with Crippen molar-refractivity contribution in [2.45, 2.75) is 31.8 Å². The van der Waals surface area contributed by atoms with E-state index in [0.717, 1.165) is 29.8 Å². The molecule has 2 aromatic heterocycles. The molecule has 7 heteroatoms. The predicted octanol–water partition coefficient (Wildman–Crippen LogP) is 5.49. The fourth-order valence-electron chi connectivity index (χ4n) is 4.10. The predicted molar refractivity (Wildman–Crippen MR) is 127 cm³/mol. The lowest BCUT2D eigenvalue weighted by atomic mass is 9.89. The molecule has 0 spiro atoms. The number of Topliss-reactive ketones (excluding diaryl/α,β-unsaturated/α-hetero) is 1. The zero-order valence-corrected chi connectivity index (χ0v) is 19.0. The summed E-state index contributed by atoms with van der Waals surface area (Å²) in [5.74, 6) is 1.16. The van der Waals surface area contributed by atoms with Crippen molar-refractivity contribution in [1.82, 2.24) is 15.2 Å². The summed E-state index contributed by atoms with van der Waals surface area (Å²) in [4.78, 5) is 16.9. The zero-order valence-electron chi connectivity index (χ0n) is 18.2. The summed E-state index contributed by atoms with van der Waals surface area (Å²) in [6.07, 6.45) is 6.71. The largest absolute Gasteiger partial charge is 0.493 e. The molecule has 1 unspecified atom stereocenters. The summed E-state index contributed by atoms with van der Waals surface area (Å²) >= 11 is 1.41. The van der Waals surface area contributed by atoms with Gasteiger partial charge in [-0.15, -0.1) is 10.2 Å². The van der Waals surface area contributed by atoms with Crippen LogP contribution in [-0.2, 0) is 12.8 Å². The topological polar surface area (TPSA) is 74.2 Å². The maximum absolute atomic E-state index is 12.9. The molecule has 4 aromatic rings. The van der Waals surface area contributed by atoms with Gasteiger partial charge in [0.2, 0.25) is 0 Å². The number of aryl methyl sites for hydroxylation is 1. The van der Waals surface area contributed by atoms with Crippen molar-refractivity contribution in [1.29, 1.82) is 0 Å². The summed E-state index contributed by atoms with van der Waals surface area (Å²) in [5, 5.41) is 9.84. The SMILES string of the molecule is COc1cc(C(=O)Cc2nnc(-c3ccncc3)s2)ccc1OC1CCCc2ccccc21. The Hall–Kier alpha value is -3.58. The molecule has 2 heterocycles. The average Bonchev–Trinajstić information content (AvgIpc) is 3.33. The van der Waals surface area contributed by atoms with Gasteiger partial charge in [0.05, 0.1) is 13.5 Å². The number of pyridine rings is 1. The lowest BCUT2D eigenvalue weighted by Crippen LogP contribution is -2.15. The number of ether oxygens (including phenoxy) is 2. The average molecular weight is 458 g/mol. The van der Waals surface area contributed by atoms with Crippen LogP contribution in [0.5, 0.6) is 11.5 Å². The van der Waals surface area contributed by atoms with Crippen LogP contribution in [0, 0.1) is 0 Å². The van der Waals surface area contributed by atoms with Crippen LogP contribution in [0.4, 0.5) is 0 Å². The van der Waals surface area contributed by atoms with Gasteiger partial charge in [0.15, 0.2) is 17.3 Å². The first-order valence-corrected chi connectivity index (χ1v) is 11.7. The minimum atomic E-state index is -0.0414. The summed E-state index contributed by atoms with van der Waals surface area (Å²) in [6.45, 7) is 0. The van der Waals surface area contributed by atoms with E-state index in [1.54, 1.807) is 31.6 Å². The van der Waals surface area contributed by atoms with Gasteiger partial charge in [-0.05, 0) is 60.7 Å². The molecular formula is C26H23N3O3S. The van der Waals surface area contributed by atoms with E-state index in [1.807, 2.05) is 24.3 Å². The van der Waals surface area contributed by atoms with Gasteiger partial charge in [-0.25, -0.2) is 0 Å². The number of carbonyl (C=O) groups excluding carboxylic acids is 1. The molecule has 1 aliphatic carbocycles. The molecule has 0 fully saturated rings. The summed E-state index contributed by atoms with van der Waals surface area (Å²) < 4.78 is 11.9. The first-order valence-electron chi connectivity index (χ1n) is 10.9. The normalized spacial score (nSPS) is 15.0. The van der Waals surface area contributed by atoms with Crippen LogP contribution in [0.25, 0.3) is 10.6 Å². The molecule has 166 valence electrons. The molecule has 5 rings (SSSR count). The Balaban J connectivity index is 1.31. The third kappa shape index (κ3) is 4.64. The van der Waals surface area contributed by atoms with Gasteiger partial charge in [0.1, 0.15) is 16.1 Å². The summed E-state index contributed by atoms with van der Waals surface area (Å²) in [7, 11) is 1.59. The van der Waals surface area contributed by atoms with Crippen LogP contribution in [0.2, 0.25) is 0 Å². The van der Waals surface area contributed by atoms with E-state index in [0.29, 0.717) is 22.1 Å². The zero-order chi connectivity index (χ0) is 22.6. The van der Waals surface area contributed by atoms with Crippen molar-refractivity contribution in [3.8, 4) is 22.1 Å². The van der Waals surface area contributed by atoms with E-state index in [2.05, 4.69) is 33.4 Å². The highest BCUT2D eigenvalue weighted by Gasteiger charge is 2.23. The molecule has 0 bridgehead atoms. The molecule has 2 aromatic carbocycles. The van der Waals surface area contributed by atoms with Crippen molar-refractivity contribution in [2.75, 3.05) is 7.11 Å². The Morgan fingerprint density at radius 1 is 1.06 bits per heavy atom. The van der Waals surface area contributed by atoms with Gasteiger partial charge in [0, 0.05) is 23.5 Å². The minimum absolute atomic E-state index is 0.0154. The number of hydrogen-bond acceptors (Lipinski definition) is 7. The molecule has 1 aliphatic rings. The number of nitrogens with zero attached hydrogens (tertiary/aromatic N) is 3. The van der Waals surface area contributed by atoms with Crippen LogP contribution in [0.3, 0.4) is 0 Å². The van der Waals surface area contributed by atoms with E-state index >= 15 is 0 Å². The molecule has 0 amide bonds. The maximum Gasteiger partial charge on any atom is 0.169 e.